The first kappa shape index (κ1) is 9.09. The lowest BCUT2D eigenvalue weighted by atomic mass is 10.2. The van der Waals surface area contributed by atoms with E-state index in [0.717, 1.165) is 16.0 Å². The number of fused-ring (bicyclic) bond motifs is 1. The Morgan fingerprint density at radius 3 is 2.77 bits per heavy atom. The molecule has 0 atom stereocenters. The molecule has 1 heterocycles. The lowest BCUT2D eigenvalue weighted by molar-refractivity contribution is 0.629. The van der Waals surface area contributed by atoms with E-state index in [1.807, 2.05) is 0 Å². The van der Waals surface area contributed by atoms with E-state index in [4.69, 9.17) is 0 Å². The van der Waals surface area contributed by atoms with E-state index in [-0.39, 0.29) is 10.9 Å². The maximum atomic E-state index is 13.2. The van der Waals surface area contributed by atoms with Crippen molar-refractivity contribution in [1.82, 2.24) is 0 Å². The highest BCUT2D eigenvalue weighted by Gasteiger charge is 2.10. The van der Waals surface area contributed by atoms with E-state index >= 15 is 0 Å². The monoisotopic (exact) mass is 262 g/mol. The molecular weight excluding hydrogens is 258 g/mol. The Labute approximate surface area is 86.3 Å². The van der Waals surface area contributed by atoms with Gasteiger partial charge >= 0.3 is 0 Å². The van der Waals surface area contributed by atoms with Gasteiger partial charge in [0.15, 0.2) is 5.13 Å². The normalized spacial score (nSPS) is 11.0. The molecule has 0 fully saturated rings. The summed E-state index contributed by atoms with van der Waals surface area (Å²) in [7, 11) is 0. The van der Waals surface area contributed by atoms with Crippen LogP contribution in [0.2, 0.25) is 0 Å². The van der Waals surface area contributed by atoms with E-state index < -0.39 is 0 Å². The lowest BCUT2D eigenvalue weighted by Crippen LogP contribution is -1.78. The molecule has 0 spiro atoms. The molecule has 0 radical (unpaired) electrons. The van der Waals surface area contributed by atoms with E-state index in [1.54, 1.807) is 6.07 Å². The van der Waals surface area contributed by atoms with Gasteiger partial charge in [-0.15, -0.1) is 11.3 Å². The first-order chi connectivity index (χ1) is 6.22. The number of hydrogen-bond donors (Lipinski definition) is 0. The fraction of sp³-hybridized carbons (Fsp3) is 0.111. The molecule has 0 saturated heterocycles. The van der Waals surface area contributed by atoms with Gasteiger partial charge in [0.05, 0.1) is 0 Å². The van der Waals surface area contributed by atoms with Crippen LogP contribution in [-0.2, 0) is 5.33 Å². The van der Waals surface area contributed by atoms with Crippen LogP contribution in [0, 0.1) is 10.9 Å². The molecule has 0 aliphatic rings. The van der Waals surface area contributed by atoms with Crippen LogP contribution in [0.5, 0.6) is 0 Å². The van der Waals surface area contributed by atoms with Crippen molar-refractivity contribution in [3.8, 4) is 0 Å². The molecule has 0 saturated carbocycles. The lowest BCUT2D eigenvalue weighted by Gasteiger charge is -1.92. The summed E-state index contributed by atoms with van der Waals surface area (Å²) in [6.07, 6.45) is 0. The predicted molar refractivity (Wildman–Crippen MR) is 54.4 cm³/mol. The van der Waals surface area contributed by atoms with Gasteiger partial charge in [-0.25, -0.2) is 4.39 Å². The SMILES string of the molecule is Fc1ccc2sc(F)c(CBr)c2c1. The van der Waals surface area contributed by atoms with Crippen LogP contribution >= 0.6 is 27.3 Å². The third-order valence-electron chi connectivity index (χ3n) is 1.84. The number of rotatable bonds is 1. The second-order valence-electron chi connectivity index (χ2n) is 2.63. The predicted octanol–water partition coefficient (Wildman–Crippen LogP) is 4.07. The highest BCUT2D eigenvalue weighted by Crippen LogP contribution is 2.31. The van der Waals surface area contributed by atoms with Crippen LogP contribution in [0.1, 0.15) is 5.56 Å². The number of benzene rings is 1. The van der Waals surface area contributed by atoms with Crippen molar-refractivity contribution in [3.05, 3.63) is 34.7 Å². The molecule has 0 N–H and O–H groups in total. The van der Waals surface area contributed by atoms with E-state index in [0.29, 0.717) is 16.3 Å². The summed E-state index contributed by atoms with van der Waals surface area (Å²) in [6, 6.07) is 4.31. The number of thiophene rings is 1. The van der Waals surface area contributed by atoms with Gasteiger partial charge in [0.2, 0.25) is 0 Å². The van der Waals surface area contributed by atoms with Gasteiger partial charge in [-0.05, 0) is 18.2 Å². The van der Waals surface area contributed by atoms with Gasteiger partial charge in [-0.1, -0.05) is 15.9 Å². The largest absolute Gasteiger partial charge is 0.207 e. The molecule has 0 aliphatic carbocycles. The third kappa shape index (κ3) is 1.48. The van der Waals surface area contributed by atoms with Crippen LogP contribution in [-0.4, -0.2) is 0 Å². The van der Waals surface area contributed by atoms with Crippen molar-refractivity contribution in [2.24, 2.45) is 0 Å². The van der Waals surface area contributed by atoms with Crippen molar-refractivity contribution in [1.29, 1.82) is 0 Å². The molecule has 2 aromatic rings. The quantitative estimate of drug-likeness (QED) is 0.680. The molecule has 68 valence electrons. The molecular formula is C9H5BrF2S. The highest BCUT2D eigenvalue weighted by molar-refractivity contribution is 9.08. The van der Waals surface area contributed by atoms with Gasteiger partial charge in [0, 0.05) is 21.0 Å². The number of alkyl halides is 1. The third-order valence-corrected chi connectivity index (χ3v) is 3.40. The van der Waals surface area contributed by atoms with Gasteiger partial charge in [-0.2, -0.15) is 4.39 Å². The first-order valence-corrected chi connectivity index (χ1v) is 5.58. The van der Waals surface area contributed by atoms with Crippen LogP contribution in [0.3, 0.4) is 0 Å². The van der Waals surface area contributed by atoms with Crippen LogP contribution in [0.25, 0.3) is 10.1 Å². The van der Waals surface area contributed by atoms with E-state index in [9.17, 15) is 8.78 Å². The van der Waals surface area contributed by atoms with Crippen molar-refractivity contribution >= 4 is 37.4 Å². The van der Waals surface area contributed by atoms with Gasteiger partial charge in [0.25, 0.3) is 0 Å². The maximum Gasteiger partial charge on any atom is 0.181 e. The summed E-state index contributed by atoms with van der Waals surface area (Å²) in [5.41, 5.74) is 0.541. The Hall–Kier alpha value is -0.480. The topological polar surface area (TPSA) is 0 Å². The Kier molecular flexibility index (Phi) is 2.34. The standard InChI is InChI=1S/C9H5BrF2S/c10-4-7-6-3-5(11)1-2-8(6)13-9(7)12/h1-3H,4H2. The van der Waals surface area contributed by atoms with Gasteiger partial charge < -0.3 is 0 Å². The summed E-state index contributed by atoms with van der Waals surface area (Å²) < 4.78 is 26.8. The Morgan fingerprint density at radius 2 is 2.08 bits per heavy atom. The Morgan fingerprint density at radius 1 is 1.31 bits per heavy atom. The number of halogens is 3. The molecule has 13 heavy (non-hydrogen) atoms. The minimum Gasteiger partial charge on any atom is -0.207 e. The molecule has 0 bridgehead atoms. The molecule has 1 aromatic carbocycles. The van der Waals surface area contributed by atoms with Gasteiger partial charge in [-0.3, -0.25) is 0 Å². The molecule has 0 aliphatic heterocycles. The minimum absolute atomic E-state index is 0.238. The summed E-state index contributed by atoms with van der Waals surface area (Å²) in [5, 5.41) is 0.847. The fourth-order valence-electron chi connectivity index (χ4n) is 1.22. The van der Waals surface area contributed by atoms with Crippen molar-refractivity contribution in [2.75, 3.05) is 0 Å². The summed E-state index contributed by atoms with van der Waals surface area (Å²) >= 11 is 4.23. The molecule has 0 unspecified atom stereocenters. The van der Waals surface area contributed by atoms with Crippen molar-refractivity contribution in [3.63, 3.8) is 0 Å². The van der Waals surface area contributed by atoms with Crippen molar-refractivity contribution in [2.45, 2.75) is 5.33 Å². The fourth-order valence-corrected chi connectivity index (χ4v) is 2.88. The van der Waals surface area contributed by atoms with Crippen LogP contribution in [0.15, 0.2) is 18.2 Å². The zero-order valence-corrected chi connectivity index (χ0v) is 8.88. The van der Waals surface area contributed by atoms with Gasteiger partial charge in [0.1, 0.15) is 5.82 Å². The summed E-state index contributed by atoms with van der Waals surface area (Å²) in [6.45, 7) is 0. The molecule has 4 heteroatoms. The van der Waals surface area contributed by atoms with Crippen LogP contribution in [0.4, 0.5) is 8.78 Å². The smallest absolute Gasteiger partial charge is 0.181 e. The summed E-state index contributed by atoms with van der Waals surface area (Å²) in [5.74, 6) is -0.326. The zero-order valence-electron chi connectivity index (χ0n) is 6.48. The second-order valence-corrected chi connectivity index (χ2v) is 4.19. The average molecular weight is 263 g/mol. The summed E-state index contributed by atoms with van der Waals surface area (Å²) in [4.78, 5) is 0. The van der Waals surface area contributed by atoms with E-state index in [2.05, 4.69) is 15.9 Å². The average Bonchev–Trinajstić information content (AvgIpc) is 2.40. The van der Waals surface area contributed by atoms with Crippen LogP contribution < -0.4 is 0 Å². The van der Waals surface area contributed by atoms with E-state index in [1.165, 1.54) is 12.1 Å². The zero-order chi connectivity index (χ0) is 9.42. The minimum atomic E-state index is -0.326. The highest BCUT2D eigenvalue weighted by atomic mass is 79.9. The van der Waals surface area contributed by atoms with Crippen molar-refractivity contribution < 1.29 is 8.78 Å². The number of hydrogen-bond acceptors (Lipinski definition) is 1. The molecule has 0 amide bonds. The molecule has 2 rings (SSSR count). The molecule has 0 nitrogen and oxygen atoms in total. The Bertz CT molecular complexity index is 450. The second kappa shape index (κ2) is 3.35. The first-order valence-electron chi connectivity index (χ1n) is 3.65. The Balaban J connectivity index is 2.80. The maximum absolute atomic E-state index is 13.2. The molecule has 1 aromatic heterocycles.